The first-order chi connectivity index (χ1) is 4.70. The maximum absolute atomic E-state index is 10.6. The number of allylic oxidation sites excluding steroid dienone is 2. The van der Waals surface area contributed by atoms with Gasteiger partial charge in [-0.3, -0.25) is 4.79 Å². The SMILES string of the molecule is O=C(Cl)C1=CC[C@@H](Br)CC1. The van der Waals surface area contributed by atoms with Gasteiger partial charge in [-0.1, -0.05) is 22.0 Å². The van der Waals surface area contributed by atoms with Crippen LogP contribution in [0.2, 0.25) is 0 Å². The molecule has 0 aromatic carbocycles. The summed E-state index contributed by atoms with van der Waals surface area (Å²) in [6.45, 7) is 0. The lowest BCUT2D eigenvalue weighted by atomic mass is 10.0. The molecule has 0 unspecified atom stereocenters. The van der Waals surface area contributed by atoms with Gasteiger partial charge in [-0.15, -0.1) is 0 Å². The predicted octanol–water partition coefficient (Wildman–Crippen LogP) is 2.63. The van der Waals surface area contributed by atoms with E-state index >= 15 is 0 Å². The number of carbonyl (C=O) groups is 1. The minimum atomic E-state index is -0.292. The number of hydrogen-bond acceptors (Lipinski definition) is 1. The van der Waals surface area contributed by atoms with Crippen molar-refractivity contribution < 1.29 is 4.79 Å². The second-order valence-electron chi connectivity index (χ2n) is 2.37. The molecule has 1 aliphatic carbocycles. The number of hydrogen-bond donors (Lipinski definition) is 0. The van der Waals surface area contributed by atoms with Crippen LogP contribution in [0.5, 0.6) is 0 Å². The number of alkyl halides is 1. The molecule has 0 aromatic heterocycles. The second-order valence-corrected chi connectivity index (χ2v) is 4.01. The van der Waals surface area contributed by atoms with Crippen molar-refractivity contribution in [3.8, 4) is 0 Å². The molecule has 1 atom stereocenters. The quantitative estimate of drug-likeness (QED) is 0.493. The van der Waals surface area contributed by atoms with Gasteiger partial charge in [-0.25, -0.2) is 0 Å². The first-order valence-electron chi connectivity index (χ1n) is 3.23. The molecule has 0 amide bonds. The van der Waals surface area contributed by atoms with Crippen LogP contribution in [-0.2, 0) is 4.79 Å². The summed E-state index contributed by atoms with van der Waals surface area (Å²) >= 11 is 8.75. The fourth-order valence-electron chi connectivity index (χ4n) is 0.981. The van der Waals surface area contributed by atoms with Crippen molar-refractivity contribution in [2.75, 3.05) is 0 Å². The van der Waals surface area contributed by atoms with E-state index in [1.165, 1.54) is 0 Å². The Morgan fingerprint density at radius 1 is 1.80 bits per heavy atom. The normalized spacial score (nSPS) is 25.8. The lowest BCUT2D eigenvalue weighted by molar-refractivity contribution is -0.108. The maximum atomic E-state index is 10.6. The van der Waals surface area contributed by atoms with Crippen LogP contribution in [0.25, 0.3) is 0 Å². The average Bonchev–Trinajstić information content (AvgIpc) is 1.88. The molecule has 1 nitrogen and oxygen atoms in total. The Morgan fingerprint density at radius 2 is 2.50 bits per heavy atom. The van der Waals surface area contributed by atoms with Crippen LogP contribution in [0.1, 0.15) is 19.3 Å². The lowest BCUT2D eigenvalue weighted by Crippen LogP contribution is -2.06. The van der Waals surface area contributed by atoms with E-state index in [9.17, 15) is 4.79 Å². The highest BCUT2D eigenvalue weighted by molar-refractivity contribution is 9.09. The second kappa shape index (κ2) is 3.54. The molecule has 0 aromatic rings. The molecule has 0 spiro atoms. The molecular weight excluding hydrogens is 215 g/mol. The van der Waals surface area contributed by atoms with Gasteiger partial charge in [0.15, 0.2) is 0 Å². The Balaban J connectivity index is 2.56. The molecule has 0 saturated carbocycles. The zero-order valence-corrected chi connectivity index (χ0v) is 7.78. The number of halogens is 2. The summed E-state index contributed by atoms with van der Waals surface area (Å²) < 4.78 is 0. The minimum absolute atomic E-state index is 0.292. The van der Waals surface area contributed by atoms with E-state index in [2.05, 4.69) is 15.9 Å². The minimum Gasteiger partial charge on any atom is -0.276 e. The zero-order chi connectivity index (χ0) is 7.56. The molecule has 10 heavy (non-hydrogen) atoms. The highest BCUT2D eigenvalue weighted by Gasteiger charge is 2.14. The third-order valence-corrected chi connectivity index (χ3v) is 2.67. The molecule has 1 rings (SSSR count). The van der Waals surface area contributed by atoms with Gasteiger partial charge in [0.2, 0.25) is 5.24 Å². The largest absolute Gasteiger partial charge is 0.276 e. The Kier molecular flexibility index (Phi) is 2.93. The van der Waals surface area contributed by atoms with E-state index in [1.807, 2.05) is 6.08 Å². The highest BCUT2D eigenvalue weighted by Crippen LogP contribution is 2.24. The third kappa shape index (κ3) is 2.10. The fraction of sp³-hybridized carbons (Fsp3) is 0.571. The Labute approximate surface area is 73.6 Å². The van der Waals surface area contributed by atoms with E-state index < -0.39 is 0 Å². The zero-order valence-electron chi connectivity index (χ0n) is 5.44. The number of rotatable bonds is 1. The topological polar surface area (TPSA) is 17.1 Å². The molecule has 0 aliphatic heterocycles. The smallest absolute Gasteiger partial charge is 0.248 e. The molecule has 0 fully saturated rings. The van der Waals surface area contributed by atoms with Crippen LogP contribution in [0.15, 0.2) is 11.6 Å². The summed E-state index contributed by atoms with van der Waals surface area (Å²) in [4.78, 5) is 11.1. The summed E-state index contributed by atoms with van der Waals surface area (Å²) in [6, 6.07) is 0. The van der Waals surface area contributed by atoms with E-state index in [0.29, 0.717) is 4.83 Å². The van der Waals surface area contributed by atoms with Gasteiger partial charge in [0.1, 0.15) is 0 Å². The molecule has 0 bridgehead atoms. The molecule has 3 heteroatoms. The molecule has 0 saturated heterocycles. The summed E-state index contributed by atoms with van der Waals surface area (Å²) in [5.74, 6) is 0. The van der Waals surface area contributed by atoms with Crippen molar-refractivity contribution in [3.05, 3.63) is 11.6 Å². The molecule has 0 N–H and O–H groups in total. The lowest BCUT2D eigenvalue weighted by Gasteiger charge is -2.13. The molecular formula is C7H8BrClO. The summed E-state index contributed by atoms with van der Waals surface area (Å²) in [7, 11) is 0. The van der Waals surface area contributed by atoms with Gasteiger partial charge in [0.25, 0.3) is 0 Å². The molecule has 56 valence electrons. The van der Waals surface area contributed by atoms with Gasteiger partial charge in [-0.05, 0) is 30.9 Å². The van der Waals surface area contributed by atoms with E-state index in [4.69, 9.17) is 11.6 Å². The number of carbonyl (C=O) groups excluding carboxylic acids is 1. The van der Waals surface area contributed by atoms with Crippen LogP contribution in [0.3, 0.4) is 0 Å². The van der Waals surface area contributed by atoms with Gasteiger partial charge < -0.3 is 0 Å². The van der Waals surface area contributed by atoms with E-state index in [0.717, 1.165) is 24.8 Å². The van der Waals surface area contributed by atoms with Crippen LogP contribution in [-0.4, -0.2) is 10.1 Å². The fourth-order valence-corrected chi connectivity index (χ4v) is 1.57. The standard InChI is InChI=1S/C7H8BrClO/c8-6-3-1-5(2-4-6)7(9)10/h1,6H,2-4H2/t6-/m1/s1. The van der Waals surface area contributed by atoms with Crippen LogP contribution >= 0.6 is 27.5 Å². The Bertz CT molecular complexity index is 176. The molecule has 0 heterocycles. The monoisotopic (exact) mass is 222 g/mol. The van der Waals surface area contributed by atoms with E-state index in [-0.39, 0.29) is 5.24 Å². The van der Waals surface area contributed by atoms with Crippen molar-refractivity contribution in [1.82, 2.24) is 0 Å². The van der Waals surface area contributed by atoms with Gasteiger partial charge in [0, 0.05) is 10.4 Å². The first kappa shape index (κ1) is 8.28. The van der Waals surface area contributed by atoms with Crippen molar-refractivity contribution in [2.24, 2.45) is 0 Å². The maximum Gasteiger partial charge on any atom is 0.248 e. The van der Waals surface area contributed by atoms with Gasteiger partial charge in [0.05, 0.1) is 0 Å². The van der Waals surface area contributed by atoms with Crippen molar-refractivity contribution in [2.45, 2.75) is 24.1 Å². The summed E-state index contributed by atoms with van der Waals surface area (Å²) in [6.07, 6.45) is 4.68. The molecule has 0 radical (unpaired) electrons. The average molecular weight is 223 g/mol. The Hall–Kier alpha value is 0.180. The van der Waals surface area contributed by atoms with Gasteiger partial charge >= 0.3 is 0 Å². The third-order valence-electron chi connectivity index (χ3n) is 1.60. The van der Waals surface area contributed by atoms with Crippen molar-refractivity contribution >= 4 is 32.8 Å². The first-order valence-corrected chi connectivity index (χ1v) is 4.52. The van der Waals surface area contributed by atoms with Crippen LogP contribution < -0.4 is 0 Å². The summed E-state index contributed by atoms with van der Waals surface area (Å²) in [5.41, 5.74) is 0.775. The van der Waals surface area contributed by atoms with Gasteiger partial charge in [-0.2, -0.15) is 0 Å². The molecule has 1 aliphatic rings. The van der Waals surface area contributed by atoms with Crippen molar-refractivity contribution in [3.63, 3.8) is 0 Å². The van der Waals surface area contributed by atoms with Crippen molar-refractivity contribution in [1.29, 1.82) is 0 Å². The van der Waals surface area contributed by atoms with Crippen LogP contribution in [0, 0.1) is 0 Å². The van der Waals surface area contributed by atoms with E-state index in [1.54, 1.807) is 0 Å². The summed E-state index contributed by atoms with van der Waals surface area (Å²) in [5, 5.41) is -0.292. The Morgan fingerprint density at radius 3 is 2.90 bits per heavy atom. The predicted molar refractivity (Wildman–Crippen MR) is 45.5 cm³/mol. The van der Waals surface area contributed by atoms with Crippen LogP contribution in [0.4, 0.5) is 0 Å². The highest BCUT2D eigenvalue weighted by atomic mass is 79.9.